The van der Waals surface area contributed by atoms with Gasteiger partial charge in [-0.15, -0.1) is 11.3 Å². The fraction of sp³-hybridized carbons (Fsp3) is 0.235. The van der Waals surface area contributed by atoms with Crippen molar-refractivity contribution in [3.8, 4) is 10.8 Å². The highest BCUT2D eigenvalue weighted by molar-refractivity contribution is 7.14. The molecule has 0 aliphatic heterocycles. The normalized spacial score (nSPS) is 13.9. The maximum Gasteiger partial charge on any atom is 0.270 e. The van der Waals surface area contributed by atoms with Crippen LogP contribution in [0.25, 0.3) is 10.8 Å². The van der Waals surface area contributed by atoms with E-state index in [0.29, 0.717) is 17.5 Å². The number of nitrogens with zero attached hydrogens (tertiary/aromatic N) is 2. The van der Waals surface area contributed by atoms with Crippen molar-refractivity contribution in [3.05, 3.63) is 52.9 Å². The van der Waals surface area contributed by atoms with Gasteiger partial charge in [0, 0.05) is 5.92 Å². The van der Waals surface area contributed by atoms with E-state index in [2.05, 4.69) is 15.5 Å². The highest BCUT2D eigenvalue weighted by Crippen LogP contribution is 2.40. The van der Waals surface area contributed by atoms with Gasteiger partial charge in [0.15, 0.2) is 5.82 Å². The molecular formula is C17H14FN3O2S. The van der Waals surface area contributed by atoms with Gasteiger partial charge < -0.3 is 9.84 Å². The van der Waals surface area contributed by atoms with Crippen molar-refractivity contribution in [2.24, 2.45) is 0 Å². The van der Waals surface area contributed by atoms with E-state index in [4.69, 9.17) is 4.52 Å². The molecular weight excluding hydrogens is 329 g/mol. The van der Waals surface area contributed by atoms with Crippen LogP contribution in [0.4, 0.5) is 10.1 Å². The van der Waals surface area contributed by atoms with Crippen LogP contribution in [0.5, 0.6) is 0 Å². The number of hydrogen-bond donors (Lipinski definition) is 1. The van der Waals surface area contributed by atoms with Crippen molar-refractivity contribution in [1.29, 1.82) is 0 Å². The van der Waals surface area contributed by atoms with Crippen molar-refractivity contribution < 1.29 is 13.7 Å². The zero-order valence-corrected chi connectivity index (χ0v) is 13.5. The number of nitrogens with one attached hydrogen (secondary N) is 1. The van der Waals surface area contributed by atoms with Crippen LogP contribution in [0.2, 0.25) is 0 Å². The van der Waals surface area contributed by atoms with E-state index in [1.165, 1.54) is 23.5 Å². The van der Waals surface area contributed by atoms with E-state index in [1.54, 1.807) is 12.1 Å². The molecule has 1 aliphatic rings. The molecule has 2 heterocycles. The molecule has 0 spiro atoms. The van der Waals surface area contributed by atoms with Crippen molar-refractivity contribution in [2.45, 2.75) is 25.2 Å². The Hall–Kier alpha value is -2.54. The third-order valence-corrected chi connectivity index (χ3v) is 4.70. The molecule has 122 valence electrons. The number of anilines is 1. The summed E-state index contributed by atoms with van der Waals surface area (Å²) in [5, 5.41) is 8.72. The van der Waals surface area contributed by atoms with Crippen LogP contribution >= 0.6 is 11.3 Å². The third-order valence-electron chi connectivity index (χ3n) is 3.80. The second kappa shape index (κ2) is 6.16. The fourth-order valence-corrected chi connectivity index (χ4v) is 3.16. The highest BCUT2D eigenvalue weighted by Gasteiger charge is 2.29. The van der Waals surface area contributed by atoms with Gasteiger partial charge in [-0.1, -0.05) is 17.3 Å². The largest absolute Gasteiger partial charge is 0.333 e. The number of amides is 1. The predicted octanol–water partition coefficient (Wildman–Crippen LogP) is 4.00. The Kier molecular flexibility index (Phi) is 3.86. The van der Waals surface area contributed by atoms with Crippen LogP contribution in [0.3, 0.4) is 0 Å². The third kappa shape index (κ3) is 3.21. The summed E-state index contributed by atoms with van der Waals surface area (Å²) in [6, 6.07) is 7.70. The second-order valence-corrected chi connectivity index (χ2v) is 6.66. The number of thiophene rings is 1. The number of rotatable bonds is 5. The summed E-state index contributed by atoms with van der Waals surface area (Å²) in [6.07, 6.45) is 2.38. The summed E-state index contributed by atoms with van der Waals surface area (Å²) in [5.74, 6) is 1.09. The lowest BCUT2D eigenvalue weighted by atomic mass is 10.1. The molecule has 7 heteroatoms. The summed E-state index contributed by atoms with van der Waals surface area (Å²) < 4.78 is 18.2. The van der Waals surface area contributed by atoms with Gasteiger partial charge >= 0.3 is 0 Å². The lowest BCUT2D eigenvalue weighted by Crippen LogP contribution is -2.14. The SMILES string of the molecule is O=C(Cc1ccc(F)cc1)Nc1ccsc1-c1nc(C2CC2)no1. The van der Waals surface area contributed by atoms with Crippen LogP contribution in [0, 0.1) is 5.82 Å². The molecule has 24 heavy (non-hydrogen) atoms. The van der Waals surface area contributed by atoms with E-state index in [9.17, 15) is 9.18 Å². The fourth-order valence-electron chi connectivity index (χ4n) is 2.39. The number of carbonyl (C=O) groups excluding carboxylic acids is 1. The Morgan fingerprint density at radius 1 is 1.29 bits per heavy atom. The number of benzene rings is 1. The molecule has 1 aromatic carbocycles. The number of halogens is 1. The first kappa shape index (κ1) is 15.0. The summed E-state index contributed by atoms with van der Waals surface area (Å²) >= 11 is 1.44. The topological polar surface area (TPSA) is 68.0 Å². The number of hydrogen-bond acceptors (Lipinski definition) is 5. The van der Waals surface area contributed by atoms with Gasteiger partial charge in [-0.05, 0) is 42.0 Å². The first-order valence-electron chi connectivity index (χ1n) is 7.65. The minimum atomic E-state index is -0.317. The van der Waals surface area contributed by atoms with E-state index in [-0.39, 0.29) is 18.1 Å². The standard InChI is InChI=1S/C17H14FN3O2S/c18-12-5-1-10(2-6-12)9-14(22)19-13-7-8-24-15(13)17-20-16(21-23-17)11-3-4-11/h1-2,5-8,11H,3-4,9H2,(H,19,22). The molecule has 1 saturated carbocycles. The molecule has 0 atom stereocenters. The molecule has 1 N–H and O–H groups in total. The minimum Gasteiger partial charge on any atom is -0.333 e. The lowest BCUT2D eigenvalue weighted by molar-refractivity contribution is -0.115. The van der Waals surface area contributed by atoms with Crippen molar-refractivity contribution in [2.75, 3.05) is 5.32 Å². The summed E-state index contributed by atoms with van der Waals surface area (Å²) in [4.78, 5) is 17.4. The Balaban J connectivity index is 1.47. The number of aromatic nitrogens is 2. The molecule has 0 unspecified atom stereocenters. The maximum absolute atomic E-state index is 12.9. The van der Waals surface area contributed by atoms with E-state index >= 15 is 0 Å². The molecule has 1 aliphatic carbocycles. The van der Waals surface area contributed by atoms with Gasteiger partial charge in [0.05, 0.1) is 12.1 Å². The van der Waals surface area contributed by atoms with Gasteiger partial charge in [0.2, 0.25) is 5.91 Å². The Morgan fingerprint density at radius 3 is 2.83 bits per heavy atom. The zero-order valence-electron chi connectivity index (χ0n) is 12.7. The molecule has 1 fully saturated rings. The summed E-state index contributed by atoms with van der Waals surface area (Å²) in [7, 11) is 0. The Morgan fingerprint density at radius 2 is 2.08 bits per heavy atom. The van der Waals surface area contributed by atoms with Crippen molar-refractivity contribution in [3.63, 3.8) is 0 Å². The van der Waals surface area contributed by atoms with Gasteiger partial charge in [-0.2, -0.15) is 4.98 Å². The van der Waals surface area contributed by atoms with E-state index in [0.717, 1.165) is 29.1 Å². The lowest BCUT2D eigenvalue weighted by Gasteiger charge is -2.05. The van der Waals surface area contributed by atoms with Gasteiger partial charge in [0.25, 0.3) is 5.89 Å². The van der Waals surface area contributed by atoms with E-state index in [1.807, 2.05) is 11.4 Å². The average Bonchev–Trinajstić information content (AvgIpc) is 3.12. The molecule has 4 rings (SSSR count). The Labute approximate surface area is 141 Å². The summed E-state index contributed by atoms with van der Waals surface area (Å²) in [6.45, 7) is 0. The van der Waals surface area contributed by atoms with Crippen molar-refractivity contribution >= 4 is 22.9 Å². The molecule has 0 saturated heterocycles. The maximum atomic E-state index is 12.9. The first-order valence-corrected chi connectivity index (χ1v) is 8.53. The molecule has 3 aromatic rings. The summed E-state index contributed by atoms with van der Waals surface area (Å²) in [5.41, 5.74) is 1.40. The smallest absolute Gasteiger partial charge is 0.270 e. The average molecular weight is 343 g/mol. The predicted molar refractivity (Wildman–Crippen MR) is 88.3 cm³/mol. The second-order valence-electron chi connectivity index (χ2n) is 5.75. The monoisotopic (exact) mass is 343 g/mol. The van der Waals surface area contributed by atoms with Gasteiger partial charge in [-0.25, -0.2) is 4.39 Å². The first-order chi connectivity index (χ1) is 11.7. The quantitative estimate of drug-likeness (QED) is 0.760. The molecule has 0 radical (unpaired) electrons. The Bertz CT molecular complexity index is 868. The van der Waals surface area contributed by atoms with Crippen LogP contribution in [0.15, 0.2) is 40.2 Å². The van der Waals surface area contributed by atoms with Crippen LogP contribution in [-0.2, 0) is 11.2 Å². The van der Waals surface area contributed by atoms with Crippen LogP contribution < -0.4 is 5.32 Å². The van der Waals surface area contributed by atoms with E-state index < -0.39 is 0 Å². The molecule has 0 bridgehead atoms. The molecule has 2 aromatic heterocycles. The van der Waals surface area contributed by atoms with Gasteiger partial charge in [0.1, 0.15) is 10.7 Å². The van der Waals surface area contributed by atoms with Crippen molar-refractivity contribution in [1.82, 2.24) is 10.1 Å². The highest BCUT2D eigenvalue weighted by atomic mass is 32.1. The zero-order chi connectivity index (χ0) is 16.5. The van der Waals surface area contributed by atoms with Crippen LogP contribution in [0.1, 0.15) is 30.1 Å². The molecule has 5 nitrogen and oxygen atoms in total. The van der Waals surface area contributed by atoms with Crippen LogP contribution in [-0.4, -0.2) is 16.0 Å². The minimum absolute atomic E-state index is 0.173. The van der Waals surface area contributed by atoms with Gasteiger partial charge in [-0.3, -0.25) is 4.79 Å². The molecule has 1 amide bonds. The number of carbonyl (C=O) groups is 1.